The number of aliphatic carboxylic acids is 2. The highest BCUT2D eigenvalue weighted by atomic mass is 35.5. The first kappa shape index (κ1) is 23.9. The van der Waals surface area contributed by atoms with E-state index in [4.69, 9.17) is 26.6 Å². The molecule has 1 unspecified atom stereocenters. The van der Waals surface area contributed by atoms with Gasteiger partial charge >= 0.3 is 11.9 Å². The fourth-order valence-electron chi connectivity index (χ4n) is 3.87. The molecule has 2 aliphatic heterocycles. The van der Waals surface area contributed by atoms with E-state index >= 15 is 0 Å². The molecule has 7 nitrogen and oxygen atoms in total. The van der Waals surface area contributed by atoms with E-state index in [-0.39, 0.29) is 12.8 Å². The summed E-state index contributed by atoms with van der Waals surface area (Å²) < 4.78 is 5.69. The van der Waals surface area contributed by atoms with E-state index in [2.05, 4.69) is 41.8 Å². The van der Waals surface area contributed by atoms with Crippen LogP contribution in [0.2, 0.25) is 5.02 Å². The lowest BCUT2D eigenvalue weighted by atomic mass is 9.99. The number of rotatable bonds is 6. The number of carbonyl (C=O) groups is 2. The van der Waals surface area contributed by atoms with Gasteiger partial charge in [0.05, 0.1) is 30.2 Å². The highest BCUT2D eigenvalue weighted by Crippen LogP contribution is 2.35. The van der Waals surface area contributed by atoms with Crippen LogP contribution in [-0.4, -0.2) is 41.8 Å². The fourth-order valence-corrected chi connectivity index (χ4v) is 4.11. The van der Waals surface area contributed by atoms with Gasteiger partial charge < -0.3 is 25.6 Å². The summed E-state index contributed by atoms with van der Waals surface area (Å²) in [6.45, 7) is 5.83. The number of hydrogen-bond acceptors (Lipinski definition) is 5. The summed E-state index contributed by atoms with van der Waals surface area (Å²) in [5.41, 5.74) is 6.46. The SMILES string of the molecule is CC1COc2ccc(CNc3c(Cl)ccc4c3CCNCC4)cc21.O=C(O)CCC(=O)O. The molecule has 0 aromatic heterocycles. The predicted octanol–water partition coefficient (Wildman–Crippen LogP) is 4.07. The van der Waals surface area contributed by atoms with Crippen LogP contribution in [0.4, 0.5) is 5.69 Å². The second kappa shape index (κ2) is 11.2. The van der Waals surface area contributed by atoms with E-state index in [1.807, 2.05) is 6.07 Å². The molecule has 1 atom stereocenters. The van der Waals surface area contributed by atoms with Crippen LogP contribution in [0.1, 0.15) is 47.9 Å². The molecule has 8 heteroatoms. The molecule has 2 aromatic carbocycles. The zero-order valence-electron chi connectivity index (χ0n) is 18.1. The Morgan fingerprint density at radius 2 is 1.84 bits per heavy atom. The van der Waals surface area contributed by atoms with Crippen LogP contribution in [0.3, 0.4) is 0 Å². The number of carboxylic acid groups (broad SMARTS) is 2. The second-order valence-corrected chi connectivity index (χ2v) is 8.44. The molecule has 32 heavy (non-hydrogen) atoms. The molecule has 0 aliphatic carbocycles. The molecule has 4 rings (SSSR count). The summed E-state index contributed by atoms with van der Waals surface area (Å²) in [6, 6.07) is 10.7. The molecule has 0 saturated carbocycles. The number of benzene rings is 2. The number of halogens is 1. The Morgan fingerprint density at radius 3 is 2.56 bits per heavy atom. The maximum atomic E-state index is 9.64. The summed E-state index contributed by atoms with van der Waals surface area (Å²) in [4.78, 5) is 19.3. The Balaban J connectivity index is 0.000000312. The van der Waals surface area contributed by atoms with E-state index in [0.717, 1.165) is 55.5 Å². The lowest BCUT2D eigenvalue weighted by Gasteiger charge is -2.16. The number of fused-ring (bicyclic) bond motifs is 2. The molecule has 0 saturated heterocycles. The topological polar surface area (TPSA) is 108 Å². The molecule has 0 radical (unpaired) electrons. The number of anilines is 1. The zero-order valence-corrected chi connectivity index (χ0v) is 18.9. The van der Waals surface area contributed by atoms with Crippen molar-refractivity contribution in [3.63, 3.8) is 0 Å². The van der Waals surface area contributed by atoms with Gasteiger partial charge in [-0.1, -0.05) is 30.7 Å². The first-order valence-electron chi connectivity index (χ1n) is 10.8. The molecule has 2 aromatic rings. The monoisotopic (exact) mass is 460 g/mol. The van der Waals surface area contributed by atoms with E-state index in [1.54, 1.807) is 0 Å². The highest BCUT2D eigenvalue weighted by Gasteiger charge is 2.20. The van der Waals surface area contributed by atoms with E-state index in [9.17, 15) is 9.59 Å². The van der Waals surface area contributed by atoms with Crippen LogP contribution in [0, 0.1) is 0 Å². The van der Waals surface area contributed by atoms with E-state index in [1.165, 1.54) is 22.3 Å². The first-order chi connectivity index (χ1) is 15.3. The van der Waals surface area contributed by atoms with Crippen molar-refractivity contribution in [3.05, 3.63) is 57.6 Å². The maximum absolute atomic E-state index is 9.64. The summed E-state index contributed by atoms with van der Waals surface area (Å²) in [5.74, 6) is -0.647. The molecular weight excluding hydrogens is 432 g/mol. The van der Waals surface area contributed by atoms with Gasteiger partial charge in [-0.05, 0) is 60.8 Å². The van der Waals surface area contributed by atoms with Crippen molar-refractivity contribution < 1.29 is 24.5 Å². The number of ether oxygens (including phenoxy) is 1. The smallest absolute Gasteiger partial charge is 0.303 e. The Kier molecular flexibility index (Phi) is 8.36. The lowest BCUT2D eigenvalue weighted by molar-refractivity contribution is -0.143. The van der Waals surface area contributed by atoms with Crippen molar-refractivity contribution >= 4 is 29.2 Å². The summed E-state index contributed by atoms with van der Waals surface area (Å²) in [7, 11) is 0. The predicted molar refractivity (Wildman–Crippen MR) is 124 cm³/mol. The fraction of sp³-hybridized carbons (Fsp3) is 0.417. The largest absolute Gasteiger partial charge is 0.493 e. The highest BCUT2D eigenvalue weighted by molar-refractivity contribution is 6.33. The summed E-state index contributed by atoms with van der Waals surface area (Å²) >= 11 is 6.49. The van der Waals surface area contributed by atoms with Gasteiger partial charge in [-0.2, -0.15) is 0 Å². The Hall–Kier alpha value is -2.77. The summed E-state index contributed by atoms with van der Waals surface area (Å²) in [5, 5.41) is 23.7. The quantitative estimate of drug-likeness (QED) is 0.514. The van der Waals surface area contributed by atoms with Crippen molar-refractivity contribution in [2.75, 3.05) is 25.0 Å². The Labute approximate surface area is 192 Å². The second-order valence-electron chi connectivity index (χ2n) is 8.04. The third kappa shape index (κ3) is 6.37. The molecule has 0 bridgehead atoms. The van der Waals surface area contributed by atoms with E-state index in [0.29, 0.717) is 5.92 Å². The van der Waals surface area contributed by atoms with Gasteiger partial charge in [0.2, 0.25) is 0 Å². The Morgan fingerprint density at radius 1 is 1.12 bits per heavy atom. The number of hydrogen-bond donors (Lipinski definition) is 4. The van der Waals surface area contributed by atoms with Gasteiger partial charge in [0.15, 0.2) is 0 Å². The van der Waals surface area contributed by atoms with Crippen LogP contribution in [0.15, 0.2) is 30.3 Å². The van der Waals surface area contributed by atoms with Crippen LogP contribution in [0.25, 0.3) is 0 Å². The van der Waals surface area contributed by atoms with Crippen LogP contribution >= 0.6 is 11.6 Å². The van der Waals surface area contributed by atoms with E-state index < -0.39 is 11.9 Å². The maximum Gasteiger partial charge on any atom is 0.303 e. The van der Waals surface area contributed by atoms with Gasteiger partial charge in [-0.25, -0.2) is 0 Å². The Bertz CT molecular complexity index is 965. The molecule has 0 fully saturated rings. The molecule has 172 valence electrons. The molecule has 0 spiro atoms. The summed E-state index contributed by atoms with van der Waals surface area (Å²) in [6.07, 6.45) is 1.49. The third-order valence-corrected chi connectivity index (χ3v) is 5.91. The third-order valence-electron chi connectivity index (χ3n) is 5.60. The molecular formula is C24H29ClN2O5. The standard InChI is InChI=1S/C20H23ClN2O.C4H6O4/c1-13-12-24-19-5-2-14(10-17(13)19)11-23-20-16-7-9-22-8-6-15(16)3-4-18(20)21;5-3(6)1-2-4(7)8/h2-5,10,13,22-23H,6-9,11-12H2,1H3;1-2H2,(H,5,6)(H,7,8). The number of carboxylic acids is 2. The first-order valence-corrected chi connectivity index (χ1v) is 11.2. The molecule has 2 heterocycles. The van der Waals surface area contributed by atoms with Crippen LogP contribution in [-0.2, 0) is 29.0 Å². The van der Waals surface area contributed by atoms with Gasteiger partial charge in [0, 0.05) is 18.0 Å². The minimum Gasteiger partial charge on any atom is -0.493 e. The van der Waals surface area contributed by atoms with Crippen molar-refractivity contribution in [1.29, 1.82) is 0 Å². The normalized spacial score (nSPS) is 16.5. The molecule has 4 N–H and O–H groups in total. The number of nitrogens with one attached hydrogen (secondary N) is 2. The average molecular weight is 461 g/mol. The minimum absolute atomic E-state index is 0.296. The molecule has 2 aliphatic rings. The van der Waals surface area contributed by atoms with Gasteiger partial charge in [0.1, 0.15) is 5.75 Å². The lowest BCUT2D eigenvalue weighted by Crippen LogP contribution is -2.16. The van der Waals surface area contributed by atoms with Crippen LogP contribution < -0.4 is 15.4 Å². The van der Waals surface area contributed by atoms with Gasteiger partial charge in [-0.15, -0.1) is 0 Å². The van der Waals surface area contributed by atoms with Gasteiger partial charge in [-0.3, -0.25) is 9.59 Å². The van der Waals surface area contributed by atoms with Crippen molar-refractivity contribution in [3.8, 4) is 5.75 Å². The minimum atomic E-state index is -1.08. The van der Waals surface area contributed by atoms with Crippen molar-refractivity contribution in [1.82, 2.24) is 5.32 Å². The van der Waals surface area contributed by atoms with Gasteiger partial charge in [0.25, 0.3) is 0 Å². The molecule has 0 amide bonds. The van der Waals surface area contributed by atoms with Crippen molar-refractivity contribution in [2.24, 2.45) is 0 Å². The van der Waals surface area contributed by atoms with Crippen LogP contribution in [0.5, 0.6) is 5.75 Å². The average Bonchev–Trinajstić information content (AvgIpc) is 2.97. The van der Waals surface area contributed by atoms with Crippen molar-refractivity contribution in [2.45, 2.75) is 45.1 Å². The zero-order chi connectivity index (χ0) is 23.1.